The Balaban J connectivity index is 2.96. The van der Waals surface area contributed by atoms with Gasteiger partial charge in [0.2, 0.25) is 10.0 Å². The highest BCUT2D eigenvalue weighted by Gasteiger charge is 2.22. The SMILES string of the molecule is CCNC(=NCC(C)(C)NS(C)(=O)=O)NC(C)c1ccc(OCC)c(OCC)c1. The van der Waals surface area contributed by atoms with E-state index < -0.39 is 15.6 Å². The Labute approximate surface area is 175 Å². The van der Waals surface area contributed by atoms with Crippen LogP contribution in [-0.4, -0.2) is 52.5 Å². The molecule has 0 bridgehead atoms. The van der Waals surface area contributed by atoms with Crippen molar-refractivity contribution in [3.05, 3.63) is 23.8 Å². The van der Waals surface area contributed by atoms with Crippen molar-refractivity contribution in [2.24, 2.45) is 4.99 Å². The van der Waals surface area contributed by atoms with E-state index in [1.807, 2.05) is 45.9 Å². The van der Waals surface area contributed by atoms with Crippen LogP contribution in [0.15, 0.2) is 23.2 Å². The average Bonchev–Trinajstić information content (AvgIpc) is 2.59. The first-order chi connectivity index (χ1) is 13.5. The fourth-order valence-corrected chi connectivity index (χ4v) is 3.82. The molecule has 0 saturated heterocycles. The fraction of sp³-hybridized carbons (Fsp3) is 0.650. The van der Waals surface area contributed by atoms with Crippen LogP contribution in [0.2, 0.25) is 0 Å². The quantitative estimate of drug-likeness (QED) is 0.370. The van der Waals surface area contributed by atoms with Gasteiger partial charge >= 0.3 is 0 Å². The Morgan fingerprint density at radius 3 is 2.31 bits per heavy atom. The number of sulfonamides is 1. The molecular weight excluding hydrogens is 392 g/mol. The monoisotopic (exact) mass is 428 g/mol. The average molecular weight is 429 g/mol. The summed E-state index contributed by atoms with van der Waals surface area (Å²) in [4.78, 5) is 4.55. The highest BCUT2D eigenvalue weighted by Crippen LogP contribution is 2.30. The number of rotatable bonds is 11. The topological polar surface area (TPSA) is 101 Å². The molecule has 1 unspecified atom stereocenters. The molecule has 1 aromatic rings. The van der Waals surface area contributed by atoms with E-state index in [1.54, 1.807) is 13.8 Å². The standard InChI is InChI=1S/C20H36N4O4S/c1-8-21-19(22-14-20(5,6)24-29(7,25)26)23-15(4)16-11-12-17(27-9-2)18(13-16)28-10-3/h11-13,15,24H,8-10,14H2,1-7H3,(H2,21,22,23). The third-order valence-electron chi connectivity index (χ3n) is 3.86. The second-order valence-corrected chi connectivity index (χ2v) is 9.14. The van der Waals surface area contributed by atoms with E-state index in [1.165, 1.54) is 0 Å². The lowest BCUT2D eigenvalue weighted by molar-refractivity contribution is 0.287. The molecule has 0 spiro atoms. The summed E-state index contributed by atoms with van der Waals surface area (Å²) in [6, 6.07) is 5.81. The number of ether oxygens (including phenoxy) is 2. The van der Waals surface area contributed by atoms with Crippen molar-refractivity contribution in [2.75, 3.05) is 32.6 Å². The molecule has 3 N–H and O–H groups in total. The first-order valence-electron chi connectivity index (χ1n) is 9.94. The minimum absolute atomic E-state index is 0.0475. The summed E-state index contributed by atoms with van der Waals surface area (Å²) in [7, 11) is -3.31. The molecule has 29 heavy (non-hydrogen) atoms. The van der Waals surface area contributed by atoms with Gasteiger partial charge in [0.15, 0.2) is 17.5 Å². The third kappa shape index (κ3) is 9.36. The van der Waals surface area contributed by atoms with Crippen molar-refractivity contribution in [1.82, 2.24) is 15.4 Å². The van der Waals surface area contributed by atoms with Gasteiger partial charge in [0, 0.05) is 12.1 Å². The van der Waals surface area contributed by atoms with Crippen molar-refractivity contribution in [3.63, 3.8) is 0 Å². The molecule has 0 aromatic heterocycles. The van der Waals surface area contributed by atoms with Crippen LogP contribution in [-0.2, 0) is 10.0 Å². The zero-order valence-electron chi connectivity index (χ0n) is 18.6. The lowest BCUT2D eigenvalue weighted by Crippen LogP contribution is -2.47. The van der Waals surface area contributed by atoms with Crippen LogP contribution >= 0.6 is 0 Å². The molecule has 0 aliphatic rings. The van der Waals surface area contributed by atoms with E-state index in [-0.39, 0.29) is 12.6 Å². The summed E-state index contributed by atoms with van der Waals surface area (Å²) in [5.41, 5.74) is 0.330. The zero-order valence-corrected chi connectivity index (χ0v) is 19.4. The largest absolute Gasteiger partial charge is 0.490 e. The van der Waals surface area contributed by atoms with E-state index in [0.29, 0.717) is 31.5 Å². The molecule has 0 aliphatic carbocycles. The highest BCUT2D eigenvalue weighted by molar-refractivity contribution is 7.88. The summed E-state index contributed by atoms with van der Waals surface area (Å²) in [6.07, 6.45) is 1.14. The van der Waals surface area contributed by atoms with Gasteiger partial charge in [-0.2, -0.15) is 0 Å². The summed E-state index contributed by atoms with van der Waals surface area (Å²) in [6.45, 7) is 13.6. The van der Waals surface area contributed by atoms with Gasteiger partial charge in [0.25, 0.3) is 0 Å². The summed E-state index contributed by atoms with van der Waals surface area (Å²) < 4.78 is 37.0. The molecular formula is C20H36N4O4S. The fourth-order valence-electron chi connectivity index (χ4n) is 2.76. The van der Waals surface area contributed by atoms with Crippen LogP contribution in [0.5, 0.6) is 11.5 Å². The molecule has 1 rings (SSSR count). The Bertz CT molecular complexity index is 779. The van der Waals surface area contributed by atoms with E-state index in [9.17, 15) is 8.42 Å². The van der Waals surface area contributed by atoms with Crippen molar-refractivity contribution in [3.8, 4) is 11.5 Å². The first kappa shape index (κ1) is 25.0. The lowest BCUT2D eigenvalue weighted by Gasteiger charge is -2.24. The van der Waals surface area contributed by atoms with Crippen molar-refractivity contribution in [2.45, 2.75) is 53.1 Å². The van der Waals surface area contributed by atoms with Crippen molar-refractivity contribution in [1.29, 1.82) is 0 Å². The normalized spacial score (nSPS) is 13.7. The molecule has 0 heterocycles. The van der Waals surface area contributed by atoms with Crippen molar-refractivity contribution >= 4 is 16.0 Å². The van der Waals surface area contributed by atoms with Crippen LogP contribution in [0.25, 0.3) is 0 Å². The number of nitrogens with one attached hydrogen (secondary N) is 3. The summed E-state index contributed by atoms with van der Waals surface area (Å²) >= 11 is 0. The first-order valence-corrected chi connectivity index (χ1v) is 11.8. The van der Waals surface area contributed by atoms with Gasteiger partial charge in [-0.25, -0.2) is 13.1 Å². The predicted octanol–water partition coefficient (Wildman–Crippen LogP) is 2.43. The van der Waals surface area contributed by atoms with Gasteiger partial charge in [-0.3, -0.25) is 4.99 Å². The Morgan fingerprint density at radius 2 is 1.76 bits per heavy atom. The van der Waals surface area contributed by atoms with E-state index in [2.05, 4.69) is 20.3 Å². The highest BCUT2D eigenvalue weighted by atomic mass is 32.2. The Morgan fingerprint density at radius 1 is 1.14 bits per heavy atom. The third-order valence-corrected chi connectivity index (χ3v) is 4.78. The van der Waals surface area contributed by atoms with E-state index >= 15 is 0 Å². The number of hydrogen-bond donors (Lipinski definition) is 3. The molecule has 0 amide bonds. The summed E-state index contributed by atoms with van der Waals surface area (Å²) in [5, 5.41) is 6.55. The number of benzene rings is 1. The molecule has 0 radical (unpaired) electrons. The van der Waals surface area contributed by atoms with Gasteiger partial charge in [-0.1, -0.05) is 6.07 Å². The molecule has 1 atom stereocenters. The molecule has 8 nitrogen and oxygen atoms in total. The van der Waals surface area contributed by atoms with E-state index in [4.69, 9.17) is 9.47 Å². The van der Waals surface area contributed by atoms with Crippen LogP contribution < -0.4 is 24.8 Å². The van der Waals surface area contributed by atoms with Gasteiger partial charge in [-0.15, -0.1) is 0 Å². The maximum absolute atomic E-state index is 11.5. The maximum Gasteiger partial charge on any atom is 0.209 e. The van der Waals surface area contributed by atoms with E-state index in [0.717, 1.165) is 17.6 Å². The van der Waals surface area contributed by atoms with Crippen LogP contribution in [0.4, 0.5) is 0 Å². The molecule has 9 heteroatoms. The van der Waals surface area contributed by atoms with Gasteiger partial charge in [-0.05, 0) is 59.2 Å². The zero-order chi connectivity index (χ0) is 22.1. The number of hydrogen-bond acceptors (Lipinski definition) is 5. The minimum atomic E-state index is -3.31. The van der Waals surface area contributed by atoms with Crippen LogP contribution in [0.3, 0.4) is 0 Å². The van der Waals surface area contributed by atoms with Gasteiger partial charge in [0.1, 0.15) is 0 Å². The van der Waals surface area contributed by atoms with Crippen LogP contribution in [0.1, 0.15) is 53.1 Å². The second-order valence-electron chi connectivity index (χ2n) is 7.39. The predicted molar refractivity (Wildman–Crippen MR) is 118 cm³/mol. The Kier molecular flexibility index (Phi) is 9.72. The lowest BCUT2D eigenvalue weighted by atomic mass is 10.1. The molecule has 0 saturated carbocycles. The van der Waals surface area contributed by atoms with Crippen LogP contribution in [0, 0.1) is 0 Å². The Hall–Kier alpha value is -2.00. The van der Waals surface area contributed by atoms with Crippen molar-refractivity contribution < 1.29 is 17.9 Å². The van der Waals surface area contributed by atoms with Gasteiger partial charge < -0.3 is 20.1 Å². The molecule has 0 fully saturated rings. The molecule has 0 aliphatic heterocycles. The summed E-state index contributed by atoms with van der Waals surface area (Å²) in [5.74, 6) is 2.04. The number of nitrogens with zero attached hydrogens (tertiary/aromatic N) is 1. The number of guanidine groups is 1. The minimum Gasteiger partial charge on any atom is -0.490 e. The van der Waals surface area contributed by atoms with Gasteiger partial charge in [0.05, 0.1) is 32.1 Å². The maximum atomic E-state index is 11.5. The number of aliphatic imine (C=N–C) groups is 1. The second kappa shape index (κ2) is 11.3. The molecule has 1 aromatic carbocycles. The smallest absolute Gasteiger partial charge is 0.209 e. The molecule has 166 valence electrons.